The van der Waals surface area contributed by atoms with Crippen molar-refractivity contribution >= 4 is 33.9 Å². The summed E-state index contributed by atoms with van der Waals surface area (Å²) in [6.07, 6.45) is 1.02. The van der Waals surface area contributed by atoms with Crippen LogP contribution in [0.4, 0.5) is 11.5 Å². The molecule has 1 aromatic heterocycles. The quantitative estimate of drug-likeness (QED) is 0.668. The van der Waals surface area contributed by atoms with Gasteiger partial charge in [-0.1, -0.05) is 54.1 Å². The molecule has 4 heteroatoms. The predicted molar refractivity (Wildman–Crippen MR) is 86.3 cm³/mol. The van der Waals surface area contributed by atoms with Crippen molar-refractivity contribution in [1.82, 2.24) is 10.2 Å². The van der Waals surface area contributed by atoms with Crippen LogP contribution in [0.3, 0.4) is 0 Å². The average molecular weight is 296 g/mol. The van der Waals surface area contributed by atoms with E-state index in [9.17, 15) is 0 Å². The molecule has 0 bridgehead atoms. The second kappa shape index (κ2) is 4.71. The van der Waals surface area contributed by atoms with Crippen LogP contribution >= 0.6 is 11.6 Å². The van der Waals surface area contributed by atoms with Crippen LogP contribution in [0, 0.1) is 0 Å². The van der Waals surface area contributed by atoms with Crippen molar-refractivity contribution in [2.45, 2.75) is 19.4 Å². The summed E-state index contributed by atoms with van der Waals surface area (Å²) in [6.45, 7) is 2.21. The Kier molecular flexibility index (Phi) is 2.82. The van der Waals surface area contributed by atoms with Gasteiger partial charge in [0, 0.05) is 22.5 Å². The Hall–Kier alpha value is -2.13. The van der Waals surface area contributed by atoms with E-state index >= 15 is 0 Å². The van der Waals surface area contributed by atoms with Gasteiger partial charge in [-0.3, -0.25) is 0 Å². The van der Waals surface area contributed by atoms with Crippen LogP contribution in [0.5, 0.6) is 0 Å². The van der Waals surface area contributed by atoms with E-state index in [1.807, 2.05) is 18.2 Å². The third-order valence-corrected chi connectivity index (χ3v) is 4.34. The van der Waals surface area contributed by atoms with Gasteiger partial charge < -0.3 is 4.90 Å². The molecule has 0 N–H and O–H groups in total. The van der Waals surface area contributed by atoms with E-state index in [0.29, 0.717) is 11.2 Å². The van der Waals surface area contributed by atoms with Crippen molar-refractivity contribution in [2.24, 2.45) is 0 Å². The van der Waals surface area contributed by atoms with E-state index in [2.05, 4.69) is 52.4 Å². The predicted octanol–water partition coefficient (Wildman–Crippen LogP) is 4.37. The first kappa shape index (κ1) is 12.6. The Bertz CT molecular complexity index is 831. The van der Waals surface area contributed by atoms with Gasteiger partial charge in [0.15, 0.2) is 11.0 Å². The van der Waals surface area contributed by atoms with Gasteiger partial charge in [0.1, 0.15) is 0 Å². The first-order chi connectivity index (χ1) is 10.3. The number of halogens is 1. The Balaban J connectivity index is 1.97. The van der Waals surface area contributed by atoms with Crippen molar-refractivity contribution in [3.05, 3.63) is 59.2 Å². The first-order valence-corrected chi connectivity index (χ1v) is 7.41. The number of rotatable bonds is 1. The standard InChI is InChI=1S/C17H14ClN3/c1-11-10-12-6-2-5-9-15(12)21(11)17-14-8-4-3-7-13(14)16(18)19-20-17/h2-9,11H,10H2,1H3. The molecule has 1 unspecified atom stereocenters. The summed E-state index contributed by atoms with van der Waals surface area (Å²) in [5.41, 5.74) is 2.57. The molecule has 0 spiro atoms. The molecule has 0 aliphatic carbocycles. The lowest BCUT2D eigenvalue weighted by Gasteiger charge is -2.24. The van der Waals surface area contributed by atoms with E-state index in [1.165, 1.54) is 11.3 Å². The maximum atomic E-state index is 6.18. The first-order valence-electron chi connectivity index (χ1n) is 7.04. The Morgan fingerprint density at radius 1 is 1.00 bits per heavy atom. The summed E-state index contributed by atoms with van der Waals surface area (Å²) in [6, 6.07) is 16.9. The topological polar surface area (TPSA) is 29.0 Å². The number of hydrogen-bond donors (Lipinski definition) is 0. The van der Waals surface area contributed by atoms with Crippen molar-refractivity contribution in [1.29, 1.82) is 0 Å². The molecule has 0 fully saturated rings. The lowest BCUT2D eigenvalue weighted by Crippen LogP contribution is -2.25. The summed E-state index contributed by atoms with van der Waals surface area (Å²) in [5.74, 6) is 0.882. The van der Waals surface area contributed by atoms with E-state index in [0.717, 1.165) is 23.0 Å². The lowest BCUT2D eigenvalue weighted by atomic mass is 10.1. The van der Waals surface area contributed by atoms with Gasteiger partial charge in [0.25, 0.3) is 0 Å². The molecule has 104 valence electrons. The van der Waals surface area contributed by atoms with Crippen LogP contribution in [-0.4, -0.2) is 16.2 Å². The fourth-order valence-corrected chi connectivity index (χ4v) is 3.33. The highest BCUT2D eigenvalue weighted by molar-refractivity contribution is 6.34. The van der Waals surface area contributed by atoms with Gasteiger partial charge in [-0.2, -0.15) is 0 Å². The fourth-order valence-electron chi connectivity index (χ4n) is 3.12. The summed E-state index contributed by atoms with van der Waals surface area (Å²) < 4.78 is 0. The van der Waals surface area contributed by atoms with E-state index in [1.54, 1.807) is 0 Å². The molecule has 1 aliphatic rings. The van der Waals surface area contributed by atoms with Gasteiger partial charge in [-0.25, -0.2) is 0 Å². The van der Waals surface area contributed by atoms with Crippen molar-refractivity contribution in [3.63, 3.8) is 0 Å². The zero-order valence-corrected chi connectivity index (χ0v) is 12.4. The third-order valence-electron chi connectivity index (χ3n) is 4.06. The molecule has 0 amide bonds. The molecule has 2 aromatic carbocycles. The molecule has 0 saturated heterocycles. The molecule has 1 aliphatic heterocycles. The molecule has 21 heavy (non-hydrogen) atoms. The highest BCUT2D eigenvalue weighted by Gasteiger charge is 2.29. The monoisotopic (exact) mass is 295 g/mol. The number of nitrogens with zero attached hydrogens (tertiary/aromatic N) is 3. The third kappa shape index (κ3) is 1.88. The molecule has 0 radical (unpaired) electrons. The van der Waals surface area contributed by atoms with Crippen molar-refractivity contribution < 1.29 is 0 Å². The summed E-state index contributed by atoms with van der Waals surface area (Å²) in [4.78, 5) is 2.26. The maximum Gasteiger partial charge on any atom is 0.163 e. The number of fused-ring (bicyclic) bond motifs is 2. The molecule has 3 nitrogen and oxygen atoms in total. The zero-order valence-electron chi connectivity index (χ0n) is 11.6. The summed E-state index contributed by atoms with van der Waals surface area (Å²) >= 11 is 6.18. The van der Waals surface area contributed by atoms with Gasteiger partial charge in [-0.15, -0.1) is 10.2 Å². The zero-order chi connectivity index (χ0) is 14.4. The van der Waals surface area contributed by atoms with E-state index in [-0.39, 0.29) is 0 Å². The second-order valence-corrected chi connectivity index (χ2v) is 5.77. The highest BCUT2D eigenvalue weighted by Crippen LogP contribution is 2.40. The molecule has 2 heterocycles. The minimum Gasteiger partial charge on any atom is -0.321 e. The molecular weight excluding hydrogens is 282 g/mol. The maximum absolute atomic E-state index is 6.18. The lowest BCUT2D eigenvalue weighted by molar-refractivity contribution is 0.746. The second-order valence-electron chi connectivity index (χ2n) is 5.41. The minimum atomic E-state index is 0.362. The van der Waals surface area contributed by atoms with Crippen molar-refractivity contribution in [2.75, 3.05) is 4.90 Å². The van der Waals surface area contributed by atoms with Crippen LogP contribution in [0.25, 0.3) is 10.8 Å². The molecular formula is C17H14ClN3. The molecule has 0 saturated carbocycles. The number of anilines is 2. The van der Waals surface area contributed by atoms with Gasteiger partial charge in [-0.05, 0) is 25.0 Å². The van der Waals surface area contributed by atoms with Crippen LogP contribution in [0.15, 0.2) is 48.5 Å². The van der Waals surface area contributed by atoms with Crippen LogP contribution in [0.2, 0.25) is 5.15 Å². The SMILES string of the molecule is CC1Cc2ccccc2N1c1nnc(Cl)c2ccccc12. The van der Waals surface area contributed by atoms with E-state index in [4.69, 9.17) is 11.6 Å². The number of para-hydroxylation sites is 1. The largest absolute Gasteiger partial charge is 0.321 e. The number of hydrogen-bond acceptors (Lipinski definition) is 3. The van der Waals surface area contributed by atoms with Gasteiger partial charge in [0.05, 0.1) is 0 Å². The Morgan fingerprint density at radius 2 is 1.71 bits per heavy atom. The van der Waals surface area contributed by atoms with Crippen LogP contribution < -0.4 is 4.90 Å². The average Bonchev–Trinajstić information content (AvgIpc) is 2.84. The minimum absolute atomic E-state index is 0.362. The van der Waals surface area contributed by atoms with E-state index < -0.39 is 0 Å². The number of aromatic nitrogens is 2. The normalized spacial score (nSPS) is 17.2. The van der Waals surface area contributed by atoms with Crippen LogP contribution in [-0.2, 0) is 6.42 Å². The van der Waals surface area contributed by atoms with Gasteiger partial charge in [0.2, 0.25) is 0 Å². The fraction of sp³-hybridized carbons (Fsp3) is 0.176. The molecule has 1 atom stereocenters. The highest BCUT2D eigenvalue weighted by atomic mass is 35.5. The van der Waals surface area contributed by atoms with Gasteiger partial charge >= 0.3 is 0 Å². The smallest absolute Gasteiger partial charge is 0.163 e. The van der Waals surface area contributed by atoms with Crippen LogP contribution in [0.1, 0.15) is 12.5 Å². The molecule has 3 aromatic rings. The summed E-state index contributed by atoms with van der Waals surface area (Å²) in [7, 11) is 0. The summed E-state index contributed by atoms with van der Waals surface area (Å²) in [5, 5.41) is 11.0. The van der Waals surface area contributed by atoms with Crippen molar-refractivity contribution in [3.8, 4) is 0 Å². The Morgan fingerprint density at radius 3 is 2.57 bits per heavy atom. The molecule has 4 rings (SSSR count). The Labute approximate surface area is 128 Å². The number of benzene rings is 2.